The zero-order valence-electron chi connectivity index (χ0n) is 10.4. The first-order chi connectivity index (χ1) is 9.09. The first kappa shape index (κ1) is 12.7. The van der Waals surface area contributed by atoms with Crippen molar-refractivity contribution in [2.45, 2.75) is 0 Å². The molecule has 0 saturated carbocycles. The molecule has 0 spiro atoms. The van der Waals surface area contributed by atoms with Crippen molar-refractivity contribution < 1.29 is 4.92 Å². The normalized spacial score (nSPS) is 10.0. The minimum absolute atomic E-state index is 0.113. The van der Waals surface area contributed by atoms with Gasteiger partial charge in [-0.3, -0.25) is 10.1 Å². The summed E-state index contributed by atoms with van der Waals surface area (Å²) in [5.41, 5.74) is -0.182. The van der Waals surface area contributed by atoms with Gasteiger partial charge in [-0.1, -0.05) is 6.07 Å². The Morgan fingerprint density at radius 2 is 2.05 bits per heavy atom. The lowest BCUT2D eigenvalue weighted by Gasteiger charge is -2.13. The number of aromatic nitrogens is 3. The molecule has 0 radical (unpaired) electrons. The van der Waals surface area contributed by atoms with Gasteiger partial charge in [0.25, 0.3) is 0 Å². The van der Waals surface area contributed by atoms with E-state index in [1.807, 2.05) is 0 Å². The van der Waals surface area contributed by atoms with E-state index >= 15 is 0 Å². The Labute approximate surface area is 109 Å². The standard InChI is InChI=1S/C11H12N6O2/c1-16(2)11-9(17(18)19)10(13-7-14-11)15-8-5-3-4-6-12-8/h3-7H,1-2H3,(H,12,13,14,15). The molecule has 0 aliphatic heterocycles. The van der Waals surface area contributed by atoms with Crippen LogP contribution in [-0.4, -0.2) is 34.0 Å². The molecule has 2 aromatic rings. The highest BCUT2D eigenvalue weighted by Gasteiger charge is 2.24. The van der Waals surface area contributed by atoms with Crippen molar-refractivity contribution in [3.63, 3.8) is 0 Å². The van der Waals surface area contributed by atoms with Crippen molar-refractivity contribution >= 4 is 23.1 Å². The summed E-state index contributed by atoms with van der Waals surface area (Å²) in [5.74, 6) is 0.829. The van der Waals surface area contributed by atoms with Gasteiger partial charge in [0.05, 0.1) is 4.92 Å². The van der Waals surface area contributed by atoms with Gasteiger partial charge in [0, 0.05) is 20.3 Å². The average Bonchev–Trinajstić information content (AvgIpc) is 2.39. The fraction of sp³-hybridized carbons (Fsp3) is 0.182. The molecule has 0 bridgehead atoms. The van der Waals surface area contributed by atoms with E-state index < -0.39 is 4.92 Å². The Hall–Kier alpha value is -2.77. The van der Waals surface area contributed by atoms with Crippen LogP contribution in [0.2, 0.25) is 0 Å². The van der Waals surface area contributed by atoms with E-state index in [0.29, 0.717) is 5.82 Å². The first-order valence-electron chi connectivity index (χ1n) is 5.44. The van der Waals surface area contributed by atoms with Crippen molar-refractivity contribution in [3.8, 4) is 0 Å². The number of hydrogen-bond acceptors (Lipinski definition) is 7. The molecule has 0 amide bonds. The highest BCUT2D eigenvalue weighted by atomic mass is 16.6. The first-order valence-corrected chi connectivity index (χ1v) is 5.44. The molecule has 19 heavy (non-hydrogen) atoms. The molecule has 2 heterocycles. The van der Waals surface area contributed by atoms with E-state index in [4.69, 9.17) is 0 Å². The Balaban J connectivity index is 2.45. The molecule has 2 rings (SSSR count). The summed E-state index contributed by atoms with van der Waals surface area (Å²) >= 11 is 0. The molecule has 2 aromatic heterocycles. The molecule has 1 N–H and O–H groups in total. The minimum Gasteiger partial charge on any atom is -0.357 e. The number of nitro groups is 1. The largest absolute Gasteiger partial charge is 0.357 e. The third kappa shape index (κ3) is 2.73. The van der Waals surface area contributed by atoms with Gasteiger partial charge in [-0.15, -0.1) is 0 Å². The summed E-state index contributed by atoms with van der Waals surface area (Å²) in [5, 5.41) is 14.0. The minimum atomic E-state index is -0.513. The fourth-order valence-corrected chi connectivity index (χ4v) is 1.51. The molecule has 0 saturated heterocycles. The molecule has 0 unspecified atom stereocenters. The monoisotopic (exact) mass is 260 g/mol. The lowest BCUT2D eigenvalue weighted by molar-refractivity contribution is -0.383. The Kier molecular flexibility index (Phi) is 3.51. The van der Waals surface area contributed by atoms with E-state index in [2.05, 4.69) is 20.3 Å². The van der Waals surface area contributed by atoms with Crippen LogP contribution >= 0.6 is 0 Å². The van der Waals surface area contributed by atoms with E-state index in [9.17, 15) is 10.1 Å². The van der Waals surface area contributed by atoms with Crippen LogP contribution in [0.3, 0.4) is 0 Å². The molecule has 0 aliphatic rings. The van der Waals surface area contributed by atoms with Gasteiger partial charge in [-0.2, -0.15) is 0 Å². The lowest BCUT2D eigenvalue weighted by Crippen LogP contribution is -2.14. The highest BCUT2D eigenvalue weighted by Crippen LogP contribution is 2.31. The zero-order valence-corrected chi connectivity index (χ0v) is 10.4. The maximum Gasteiger partial charge on any atom is 0.353 e. The molecular formula is C11H12N6O2. The molecule has 98 valence electrons. The Morgan fingerprint density at radius 3 is 2.63 bits per heavy atom. The van der Waals surface area contributed by atoms with Gasteiger partial charge in [-0.25, -0.2) is 15.0 Å². The van der Waals surface area contributed by atoms with Crippen molar-refractivity contribution in [1.29, 1.82) is 0 Å². The second-order valence-electron chi connectivity index (χ2n) is 3.89. The van der Waals surface area contributed by atoms with Crippen molar-refractivity contribution in [1.82, 2.24) is 15.0 Å². The van der Waals surface area contributed by atoms with E-state index in [0.717, 1.165) is 0 Å². The van der Waals surface area contributed by atoms with Crippen LogP contribution in [0.4, 0.5) is 23.1 Å². The second-order valence-corrected chi connectivity index (χ2v) is 3.89. The molecule has 0 atom stereocenters. The van der Waals surface area contributed by atoms with Gasteiger partial charge in [0.1, 0.15) is 12.1 Å². The third-order valence-electron chi connectivity index (χ3n) is 2.32. The van der Waals surface area contributed by atoms with Crippen LogP contribution in [0, 0.1) is 10.1 Å². The quantitative estimate of drug-likeness (QED) is 0.658. The van der Waals surface area contributed by atoms with Gasteiger partial charge in [-0.05, 0) is 12.1 Å². The van der Waals surface area contributed by atoms with Crippen LogP contribution in [0.1, 0.15) is 0 Å². The number of hydrogen-bond donors (Lipinski definition) is 1. The number of nitrogens with zero attached hydrogens (tertiary/aromatic N) is 5. The van der Waals surface area contributed by atoms with Gasteiger partial charge in [0.2, 0.25) is 11.6 Å². The van der Waals surface area contributed by atoms with Crippen LogP contribution in [-0.2, 0) is 0 Å². The maximum absolute atomic E-state index is 11.2. The summed E-state index contributed by atoms with van der Waals surface area (Å²) < 4.78 is 0. The van der Waals surface area contributed by atoms with Gasteiger partial charge < -0.3 is 10.2 Å². The summed E-state index contributed by atoms with van der Waals surface area (Å²) in [4.78, 5) is 24.1. The maximum atomic E-state index is 11.2. The van der Waals surface area contributed by atoms with Crippen molar-refractivity contribution in [2.24, 2.45) is 0 Å². The van der Waals surface area contributed by atoms with Crippen molar-refractivity contribution in [3.05, 3.63) is 40.8 Å². The topological polar surface area (TPSA) is 97.1 Å². The SMILES string of the molecule is CN(C)c1ncnc(Nc2ccccn2)c1[N+](=O)[O-]. The number of pyridine rings is 1. The number of anilines is 3. The van der Waals surface area contributed by atoms with E-state index in [-0.39, 0.29) is 17.3 Å². The van der Waals surface area contributed by atoms with E-state index in [1.165, 1.54) is 6.33 Å². The Bertz CT molecular complexity index is 587. The van der Waals surface area contributed by atoms with Gasteiger partial charge >= 0.3 is 5.69 Å². The van der Waals surface area contributed by atoms with Crippen LogP contribution in [0.15, 0.2) is 30.7 Å². The van der Waals surface area contributed by atoms with Crippen LogP contribution < -0.4 is 10.2 Å². The third-order valence-corrected chi connectivity index (χ3v) is 2.32. The molecule has 0 aliphatic carbocycles. The molecular weight excluding hydrogens is 248 g/mol. The van der Waals surface area contributed by atoms with Gasteiger partial charge in [0.15, 0.2) is 0 Å². The molecule has 8 heteroatoms. The molecule has 0 aromatic carbocycles. The summed E-state index contributed by atoms with van der Waals surface area (Å²) in [7, 11) is 3.36. The van der Waals surface area contributed by atoms with Crippen LogP contribution in [0.5, 0.6) is 0 Å². The summed E-state index contributed by atoms with van der Waals surface area (Å²) in [6, 6.07) is 5.22. The number of rotatable bonds is 4. The fourth-order valence-electron chi connectivity index (χ4n) is 1.51. The number of nitrogens with one attached hydrogen (secondary N) is 1. The van der Waals surface area contributed by atoms with E-state index in [1.54, 1.807) is 43.4 Å². The predicted molar refractivity (Wildman–Crippen MR) is 70.5 cm³/mol. The zero-order chi connectivity index (χ0) is 13.8. The Morgan fingerprint density at radius 1 is 1.26 bits per heavy atom. The highest BCUT2D eigenvalue weighted by molar-refractivity contribution is 5.73. The average molecular weight is 260 g/mol. The summed E-state index contributed by atoms with van der Waals surface area (Å²) in [6.07, 6.45) is 2.86. The predicted octanol–water partition coefficient (Wildman–Crippen LogP) is 1.59. The van der Waals surface area contributed by atoms with Crippen LogP contribution in [0.25, 0.3) is 0 Å². The summed E-state index contributed by atoms with van der Waals surface area (Å²) in [6.45, 7) is 0. The van der Waals surface area contributed by atoms with Crippen molar-refractivity contribution in [2.75, 3.05) is 24.3 Å². The molecule has 8 nitrogen and oxygen atoms in total. The smallest absolute Gasteiger partial charge is 0.353 e. The lowest BCUT2D eigenvalue weighted by atomic mass is 10.4. The second kappa shape index (κ2) is 5.25. The molecule has 0 fully saturated rings.